The molecule has 0 aliphatic heterocycles. The largest absolute Gasteiger partial charge is 0.311 e. The van der Waals surface area contributed by atoms with E-state index < -0.39 is 0 Å². The summed E-state index contributed by atoms with van der Waals surface area (Å²) < 4.78 is 0. The van der Waals surface area contributed by atoms with Crippen molar-refractivity contribution >= 4 is 11.6 Å². The van der Waals surface area contributed by atoms with Crippen molar-refractivity contribution < 1.29 is 0 Å². The van der Waals surface area contributed by atoms with Crippen LogP contribution in [0, 0.1) is 0 Å². The molecule has 1 aromatic rings. The van der Waals surface area contributed by atoms with Crippen LogP contribution in [-0.4, -0.2) is 12.1 Å². The Kier molecular flexibility index (Phi) is 3.39. The maximum Gasteiger partial charge on any atom is 0.0440 e. The van der Waals surface area contributed by atoms with Gasteiger partial charge >= 0.3 is 0 Å². The molecule has 92 valence electrons. The van der Waals surface area contributed by atoms with E-state index in [-0.39, 0.29) is 0 Å². The van der Waals surface area contributed by atoms with Crippen molar-refractivity contribution in [3.8, 4) is 0 Å². The van der Waals surface area contributed by atoms with Crippen LogP contribution in [-0.2, 0) is 0 Å². The highest BCUT2D eigenvalue weighted by Gasteiger charge is 2.33. The molecule has 2 heteroatoms. The highest BCUT2D eigenvalue weighted by atomic mass is 35.5. The summed E-state index contributed by atoms with van der Waals surface area (Å²) in [5, 5.41) is 4.73. The summed E-state index contributed by atoms with van der Waals surface area (Å²) in [6.07, 6.45) is 8.12. The number of rotatable bonds is 3. The zero-order chi connectivity index (χ0) is 11.7. The Bertz CT molecular complexity index is 378. The minimum Gasteiger partial charge on any atom is -0.311 e. The van der Waals surface area contributed by atoms with Gasteiger partial charge in [-0.25, -0.2) is 0 Å². The topological polar surface area (TPSA) is 12.0 Å². The lowest BCUT2D eigenvalue weighted by Crippen LogP contribution is -2.44. The third-order valence-corrected chi connectivity index (χ3v) is 4.65. The number of halogens is 1. The lowest BCUT2D eigenvalue weighted by atomic mass is 9.75. The molecule has 0 heterocycles. The molecule has 1 N–H and O–H groups in total. The average Bonchev–Trinajstić information content (AvgIpc) is 2.77. The van der Waals surface area contributed by atoms with Crippen LogP contribution in [0.2, 0.25) is 5.02 Å². The van der Waals surface area contributed by atoms with Crippen molar-refractivity contribution in [1.29, 1.82) is 0 Å². The van der Waals surface area contributed by atoms with Crippen molar-refractivity contribution in [1.82, 2.24) is 5.32 Å². The molecular formula is C15H20ClN. The molecule has 17 heavy (non-hydrogen) atoms. The van der Waals surface area contributed by atoms with E-state index in [2.05, 4.69) is 17.4 Å². The molecule has 2 saturated carbocycles. The molecule has 0 spiro atoms. The lowest BCUT2D eigenvalue weighted by Gasteiger charge is -2.38. The molecule has 0 radical (unpaired) electrons. The number of hydrogen-bond donors (Lipinski definition) is 1. The SMILES string of the molecule is Clc1ccccc1C1CC(NC2CCCC2)C1. The number of nitrogens with one attached hydrogen (secondary N) is 1. The third-order valence-electron chi connectivity index (χ3n) is 4.31. The van der Waals surface area contributed by atoms with Crippen LogP contribution in [0.15, 0.2) is 24.3 Å². The Labute approximate surface area is 109 Å². The summed E-state index contributed by atoms with van der Waals surface area (Å²) in [6, 6.07) is 9.83. The van der Waals surface area contributed by atoms with Crippen LogP contribution >= 0.6 is 11.6 Å². The summed E-state index contributed by atoms with van der Waals surface area (Å²) in [6.45, 7) is 0. The summed E-state index contributed by atoms with van der Waals surface area (Å²) in [7, 11) is 0. The van der Waals surface area contributed by atoms with E-state index in [1.807, 2.05) is 12.1 Å². The van der Waals surface area contributed by atoms with Gasteiger partial charge in [0.25, 0.3) is 0 Å². The molecule has 2 aliphatic rings. The van der Waals surface area contributed by atoms with Gasteiger partial charge < -0.3 is 5.32 Å². The summed E-state index contributed by atoms with van der Waals surface area (Å²) in [5.41, 5.74) is 1.35. The van der Waals surface area contributed by atoms with Gasteiger partial charge in [-0.15, -0.1) is 0 Å². The molecule has 1 aromatic carbocycles. The minimum atomic E-state index is 0.683. The second-order valence-corrected chi connectivity index (χ2v) is 5.94. The Morgan fingerprint density at radius 3 is 2.41 bits per heavy atom. The Balaban J connectivity index is 1.52. The Hall–Kier alpha value is -0.530. The van der Waals surface area contributed by atoms with E-state index >= 15 is 0 Å². The van der Waals surface area contributed by atoms with E-state index in [1.54, 1.807) is 0 Å². The highest BCUT2D eigenvalue weighted by molar-refractivity contribution is 6.31. The van der Waals surface area contributed by atoms with E-state index in [1.165, 1.54) is 44.1 Å². The van der Waals surface area contributed by atoms with Gasteiger partial charge in [-0.2, -0.15) is 0 Å². The molecule has 3 rings (SSSR count). The van der Waals surface area contributed by atoms with Crippen molar-refractivity contribution in [2.75, 3.05) is 0 Å². The quantitative estimate of drug-likeness (QED) is 0.850. The Morgan fingerprint density at radius 1 is 1.00 bits per heavy atom. The van der Waals surface area contributed by atoms with Gasteiger partial charge in [0, 0.05) is 17.1 Å². The third kappa shape index (κ3) is 2.51. The normalized spacial score (nSPS) is 29.2. The molecule has 0 amide bonds. The average molecular weight is 250 g/mol. The maximum absolute atomic E-state index is 6.23. The highest BCUT2D eigenvalue weighted by Crippen LogP contribution is 2.40. The zero-order valence-electron chi connectivity index (χ0n) is 10.2. The lowest BCUT2D eigenvalue weighted by molar-refractivity contribution is 0.265. The maximum atomic E-state index is 6.23. The summed E-state index contributed by atoms with van der Waals surface area (Å²) >= 11 is 6.23. The van der Waals surface area contributed by atoms with Gasteiger partial charge in [0.05, 0.1) is 0 Å². The van der Waals surface area contributed by atoms with E-state index in [4.69, 9.17) is 11.6 Å². The van der Waals surface area contributed by atoms with Gasteiger partial charge in [-0.05, 0) is 43.2 Å². The molecule has 0 aromatic heterocycles. The molecular weight excluding hydrogens is 230 g/mol. The monoisotopic (exact) mass is 249 g/mol. The van der Waals surface area contributed by atoms with Crippen LogP contribution in [0.3, 0.4) is 0 Å². The van der Waals surface area contributed by atoms with Gasteiger partial charge in [0.15, 0.2) is 0 Å². The molecule has 0 bridgehead atoms. The van der Waals surface area contributed by atoms with Crippen LogP contribution in [0.1, 0.15) is 50.0 Å². The van der Waals surface area contributed by atoms with Gasteiger partial charge in [-0.1, -0.05) is 42.6 Å². The first kappa shape index (κ1) is 11.6. The number of hydrogen-bond acceptors (Lipinski definition) is 1. The number of benzene rings is 1. The fraction of sp³-hybridized carbons (Fsp3) is 0.600. The summed E-state index contributed by atoms with van der Waals surface area (Å²) in [4.78, 5) is 0. The molecule has 2 aliphatic carbocycles. The first-order valence-electron chi connectivity index (χ1n) is 6.83. The van der Waals surface area contributed by atoms with Crippen molar-refractivity contribution in [3.63, 3.8) is 0 Å². The van der Waals surface area contributed by atoms with Gasteiger partial charge in [0.1, 0.15) is 0 Å². The predicted molar refractivity (Wildman–Crippen MR) is 72.6 cm³/mol. The molecule has 0 saturated heterocycles. The molecule has 2 fully saturated rings. The Morgan fingerprint density at radius 2 is 1.71 bits per heavy atom. The van der Waals surface area contributed by atoms with Gasteiger partial charge in [-0.3, -0.25) is 0 Å². The zero-order valence-corrected chi connectivity index (χ0v) is 10.9. The fourth-order valence-electron chi connectivity index (χ4n) is 3.24. The van der Waals surface area contributed by atoms with Crippen LogP contribution < -0.4 is 5.32 Å². The van der Waals surface area contributed by atoms with E-state index in [9.17, 15) is 0 Å². The van der Waals surface area contributed by atoms with Crippen molar-refractivity contribution in [2.45, 2.75) is 56.5 Å². The predicted octanol–water partition coefficient (Wildman–Crippen LogP) is 4.12. The fourth-order valence-corrected chi connectivity index (χ4v) is 3.53. The molecule has 0 unspecified atom stereocenters. The molecule has 1 nitrogen and oxygen atoms in total. The second kappa shape index (κ2) is 4.99. The van der Waals surface area contributed by atoms with Crippen molar-refractivity contribution in [2.24, 2.45) is 0 Å². The standard InChI is InChI=1S/C15H20ClN/c16-15-8-4-3-7-14(15)11-9-13(10-11)17-12-5-1-2-6-12/h3-4,7-8,11-13,17H,1-2,5-6,9-10H2. The van der Waals surface area contributed by atoms with E-state index in [0.29, 0.717) is 5.92 Å². The first-order valence-corrected chi connectivity index (χ1v) is 7.21. The summed E-state index contributed by atoms with van der Waals surface area (Å²) in [5.74, 6) is 0.683. The first-order chi connectivity index (χ1) is 8.33. The van der Waals surface area contributed by atoms with Crippen molar-refractivity contribution in [3.05, 3.63) is 34.9 Å². The van der Waals surface area contributed by atoms with Gasteiger partial charge in [0.2, 0.25) is 0 Å². The van der Waals surface area contributed by atoms with Crippen LogP contribution in [0.4, 0.5) is 0 Å². The second-order valence-electron chi connectivity index (χ2n) is 5.53. The molecule has 0 atom stereocenters. The van der Waals surface area contributed by atoms with E-state index in [0.717, 1.165) is 17.1 Å². The van der Waals surface area contributed by atoms with Crippen LogP contribution in [0.5, 0.6) is 0 Å². The van der Waals surface area contributed by atoms with Crippen LogP contribution in [0.25, 0.3) is 0 Å². The smallest absolute Gasteiger partial charge is 0.0440 e. The minimum absolute atomic E-state index is 0.683.